The number of hydrogen-bond donors (Lipinski definition) is 2. The summed E-state index contributed by atoms with van der Waals surface area (Å²) in [7, 11) is 0. The van der Waals surface area contributed by atoms with Crippen LogP contribution in [0.5, 0.6) is 5.75 Å². The van der Waals surface area contributed by atoms with Crippen LogP contribution in [0.1, 0.15) is 11.1 Å². The van der Waals surface area contributed by atoms with Crippen molar-refractivity contribution in [2.45, 2.75) is 13.8 Å². The van der Waals surface area contributed by atoms with Crippen molar-refractivity contribution in [3.8, 4) is 16.9 Å². The fourth-order valence-electron chi connectivity index (χ4n) is 2.43. The number of fused-ring (bicyclic) bond motifs is 1. The van der Waals surface area contributed by atoms with Gasteiger partial charge in [0.05, 0.1) is 25.9 Å². The van der Waals surface area contributed by atoms with E-state index < -0.39 is 0 Å². The molecular formula is C15H13BrN2OS. The lowest BCUT2D eigenvalue weighted by molar-refractivity contribution is 0.471. The average molecular weight is 349 g/mol. The first-order chi connectivity index (χ1) is 9.50. The Balaban J connectivity index is 2.41. The van der Waals surface area contributed by atoms with Gasteiger partial charge in [-0.2, -0.15) is 0 Å². The molecule has 102 valence electrons. The Labute approximate surface area is 129 Å². The van der Waals surface area contributed by atoms with Crippen molar-refractivity contribution in [2.24, 2.45) is 0 Å². The predicted molar refractivity (Wildman–Crippen MR) is 88.3 cm³/mol. The maximum absolute atomic E-state index is 9.96. The zero-order valence-corrected chi connectivity index (χ0v) is 13.5. The minimum atomic E-state index is 0.283. The fourth-order valence-corrected chi connectivity index (χ4v) is 3.82. The van der Waals surface area contributed by atoms with Gasteiger partial charge < -0.3 is 10.8 Å². The number of nitrogens with two attached hydrogens (primary N) is 1. The number of phenolic OH excluding ortho intramolecular Hbond substituents is 1. The lowest BCUT2D eigenvalue weighted by Gasteiger charge is -2.15. The van der Waals surface area contributed by atoms with Crippen LogP contribution in [0.4, 0.5) is 5.69 Å². The van der Waals surface area contributed by atoms with Crippen molar-refractivity contribution in [1.29, 1.82) is 0 Å². The molecule has 20 heavy (non-hydrogen) atoms. The largest absolute Gasteiger partial charge is 0.508 e. The summed E-state index contributed by atoms with van der Waals surface area (Å²) in [5.41, 5.74) is 13.4. The van der Waals surface area contributed by atoms with E-state index in [4.69, 9.17) is 5.73 Å². The third-order valence-corrected chi connectivity index (χ3v) is 5.10. The van der Waals surface area contributed by atoms with Gasteiger partial charge in [-0.05, 0) is 58.6 Å². The first-order valence-electron chi connectivity index (χ1n) is 6.11. The third-order valence-electron chi connectivity index (χ3n) is 3.52. The highest BCUT2D eigenvalue weighted by atomic mass is 79.9. The van der Waals surface area contributed by atoms with Crippen LogP contribution in [0.25, 0.3) is 21.3 Å². The van der Waals surface area contributed by atoms with E-state index in [0.717, 1.165) is 36.9 Å². The lowest BCUT2D eigenvalue weighted by Crippen LogP contribution is -1.96. The van der Waals surface area contributed by atoms with Crippen molar-refractivity contribution < 1.29 is 5.11 Å². The summed E-state index contributed by atoms with van der Waals surface area (Å²) in [5.74, 6) is 0.283. The number of halogens is 1. The molecule has 0 atom stereocenters. The minimum absolute atomic E-state index is 0.283. The van der Waals surface area contributed by atoms with Gasteiger partial charge in [-0.3, -0.25) is 0 Å². The Hall–Kier alpha value is -1.59. The molecule has 0 saturated heterocycles. The number of nitrogens with zero attached hydrogens (tertiary/aromatic N) is 1. The van der Waals surface area contributed by atoms with E-state index >= 15 is 0 Å². The Morgan fingerprint density at radius 1 is 1.30 bits per heavy atom. The quantitative estimate of drug-likeness (QED) is 0.630. The SMILES string of the molecule is Cc1ccc(O)c(C)c1-c1cc2scnc2c(Br)c1N. The van der Waals surface area contributed by atoms with Gasteiger partial charge in [0.15, 0.2) is 0 Å². The van der Waals surface area contributed by atoms with Crippen LogP contribution in [-0.2, 0) is 0 Å². The number of aromatic nitrogens is 1. The van der Waals surface area contributed by atoms with Crippen LogP contribution in [0, 0.1) is 13.8 Å². The van der Waals surface area contributed by atoms with Gasteiger partial charge in [-0.1, -0.05) is 6.07 Å². The van der Waals surface area contributed by atoms with Crippen LogP contribution in [-0.4, -0.2) is 10.1 Å². The Morgan fingerprint density at radius 2 is 2.05 bits per heavy atom. The molecule has 5 heteroatoms. The first-order valence-corrected chi connectivity index (χ1v) is 7.78. The summed E-state index contributed by atoms with van der Waals surface area (Å²) >= 11 is 5.11. The summed E-state index contributed by atoms with van der Waals surface area (Å²) in [6, 6.07) is 5.66. The van der Waals surface area contributed by atoms with Crippen LogP contribution >= 0.6 is 27.3 Å². The summed E-state index contributed by atoms with van der Waals surface area (Å²) in [4.78, 5) is 4.32. The first kappa shape index (κ1) is 13.4. The molecule has 3 aromatic rings. The van der Waals surface area contributed by atoms with E-state index in [1.807, 2.05) is 26.0 Å². The molecule has 2 aromatic carbocycles. The smallest absolute Gasteiger partial charge is 0.119 e. The molecular weight excluding hydrogens is 336 g/mol. The van der Waals surface area contributed by atoms with Gasteiger partial charge in [0, 0.05) is 5.56 Å². The molecule has 0 radical (unpaired) electrons. The number of aryl methyl sites for hydroxylation is 1. The molecule has 3 rings (SSSR count). The van der Waals surface area contributed by atoms with Gasteiger partial charge >= 0.3 is 0 Å². The molecule has 0 aliphatic carbocycles. The van der Waals surface area contributed by atoms with E-state index in [2.05, 4.69) is 20.9 Å². The molecule has 0 spiro atoms. The molecule has 3 N–H and O–H groups in total. The van der Waals surface area contributed by atoms with Crippen LogP contribution in [0.2, 0.25) is 0 Å². The second-order valence-electron chi connectivity index (χ2n) is 4.75. The van der Waals surface area contributed by atoms with E-state index in [0.29, 0.717) is 5.69 Å². The molecule has 0 fully saturated rings. The van der Waals surface area contributed by atoms with Gasteiger partial charge in [0.2, 0.25) is 0 Å². The number of thiazole rings is 1. The van der Waals surface area contributed by atoms with Crippen molar-refractivity contribution in [1.82, 2.24) is 4.98 Å². The van der Waals surface area contributed by atoms with E-state index in [-0.39, 0.29) is 5.75 Å². The van der Waals surface area contributed by atoms with E-state index in [1.54, 1.807) is 22.9 Å². The monoisotopic (exact) mass is 348 g/mol. The molecule has 1 heterocycles. The standard InChI is InChI=1S/C15H13BrN2OS/c1-7-3-4-10(19)8(2)12(7)9-5-11-15(18-6-20-11)13(16)14(9)17/h3-6,19H,17H2,1-2H3. The van der Waals surface area contributed by atoms with Gasteiger partial charge in [0.25, 0.3) is 0 Å². The number of anilines is 1. The van der Waals surface area contributed by atoms with Crippen molar-refractivity contribution in [2.75, 3.05) is 5.73 Å². The highest BCUT2D eigenvalue weighted by Crippen LogP contribution is 2.42. The second-order valence-corrected chi connectivity index (χ2v) is 6.43. The predicted octanol–water partition coefficient (Wildman–Crippen LogP) is 4.63. The second kappa shape index (κ2) is 4.75. The molecule has 1 aromatic heterocycles. The highest BCUT2D eigenvalue weighted by molar-refractivity contribution is 9.10. The molecule has 0 unspecified atom stereocenters. The average Bonchev–Trinajstić information content (AvgIpc) is 2.88. The topological polar surface area (TPSA) is 59.1 Å². The molecule has 0 aliphatic heterocycles. The Morgan fingerprint density at radius 3 is 2.80 bits per heavy atom. The molecule has 0 aliphatic rings. The van der Waals surface area contributed by atoms with Crippen molar-refractivity contribution >= 4 is 43.2 Å². The number of rotatable bonds is 1. The van der Waals surface area contributed by atoms with Crippen molar-refractivity contribution in [3.05, 3.63) is 39.3 Å². The molecule has 0 saturated carbocycles. The summed E-state index contributed by atoms with van der Waals surface area (Å²) in [5, 5.41) is 9.96. The number of hydrogen-bond acceptors (Lipinski definition) is 4. The maximum atomic E-state index is 9.96. The minimum Gasteiger partial charge on any atom is -0.508 e. The zero-order valence-electron chi connectivity index (χ0n) is 11.1. The molecule has 0 amide bonds. The van der Waals surface area contributed by atoms with Crippen LogP contribution in [0.15, 0.2) is 28.2 Å². The summed E-state index contributed by atoms with van der Waals surface area (Å²) in [6.45, 7) is 3.92. The molecule has 3 nitrogen and oxygen atoms in total. The summed E-state index contributed by atoms with van der Waals surface area (Å²) < 4.78 is 1.89. The van der Waals surface area contributed by atoms with Gasteiger partial charge in [-0.25, -0.2) is 4.98 Å². The van der Waals surface area contributed by atoms with Crippen LogP contribution < -0.4 is 5.73 Å². The molecule has 0 bridgehead atoms. The lowest BCUT2D eigenvalue weighted by atomic mass is 9.94. The highest BCUT2D eigenvalue weighted by Gasteiger charge is 2.17. The van der Waals surface area contributed by atoms with E-state index in [9.17, 15) is 5.11 Å². The number of aromatic hydroxyl groups is 1. The van der Waals surface area contributed by atoms with Gasteiger partial charge in [0.1, 0.15) is 5.75 Å². The Kier molecular flexibility index (Phi) is 3.18. The van der Waals surface area contributed by atoms with Crippen LogP contribution in [0.3, 0.4) is 0 Å². The third kappa shape index (κ3) is 1.89. The maximum Gasteiger partial charge on any atom is 0.119 e. The number of phenols is 1. The summed E-state index contributed by atoms with van der Waals surface area (Å²) in [6.07, 6.45) is 0. The Bertz CT molecular complexity index is 826. The zero-order chi connectivity index (χ0) is 14.4. The van der Waals surface area contributed by atoms with Crippen molar-refractivity contribution in [3.63, 3.8) is 0 Å². The van der Waals surface area contributed by atoms with E-state index in [1.165, 1.54) is 0 Å². The number of benzene rings is 2. The van der Waals surface area contributed by atoms with Gasteiger partial charge in [-0.15, -0.1) is 11.3 Å². The number of nitrogen functional groups attached to an aromatic ring is 1. The normalized spacial score (nSPS) is 11.2. The fraction of sp³-hybridized carbons (Fsp3) is 0.133.